The highest BCUT2D eigenvalue weighted by Gasteiger charge is 2.11. The number of ketones is 1. The Bertz CT molecular complexity index is 630. The summed E-state index contributed by atoms with van der Waals surface area (Å²) in [4.78, 5) is 18.5. The predicted octanol–water partition coefficient (Wildman–Crippen LogP) is 2.46. The van der Waals surface area contributed by atoms with Crippen LogP contribution in [0.2, 0.25) is 0 Å². The van der Waals surface area contributed by atoms with Gasteiger partial charge < -0.3 is 10.2 Å². The van der Waals surface area contributed by atoms with E-state index in [9.17, 15) is 4.79 Å². The highest BCUT2D eigenvalue weighted by atomic mass is 32.1. The number of nitrogens with one attached hydrogen (secondary N) is 1. The quantitative estimate of drug-likeness (QED) is 0.861. The third kappa shape index (κ3) is 3.80. The lowest BCUT2D eigenvalue weighted by molar-refractivity contribution is 0.101. The van der Waals surface area contributed by atoms with Crippen LogP contribution in [0, 0.1) is 0 Å². The van der Waals surface area contributed by atoms with E-state index in [1.54, 1.807) is 18.3 Å². The van der Waals surface area contributed by atoms with Gasteiger partial charge >= 0.3 is 0 Å². The number of carbonyl (C=O) groups is 1. The molecule has 1 aliphatic rings. The molecule has 0 bridgehead atoms. The molecule has 0 amide bonds. The molecule has 5 heteroatoms. The number of rotatable bonds is 5. The fraction of sp³-hybridized carbons (Fsp3) is 0.412. The maximum Gasteiger partial charge on any atom is 0.159 e. The Labute approximate surface area is 135 Å². The summed E-state index contributed by atoms with van der Waals surface area (Å²) in [5.41, 5.74) is 2.84. The fourth-order valence-electron chi connectivity index (χ4n) is 2.62. The topological polar surface area (TPSA) is 45.2 Å². The summed E-state index contributed by atoms with van der Waals surface area (Å²) in [5.74, 6) is 0.0986. The lowest BCUT2D eigenvalue weighted by Crippen LogP contribution is -2.44. The molecule has 1 aliphatic heterocycles. The number of benzene rings is 1. The van der Waals surface area contributed by atoms with Gasteiger partial charge in [-0.15, -0.1) is 11.3 Å². The molecule has 4 nitrogen and oxygen atoms in total. The molecular formula is C17H21N3OS. The molecule has 0 radical (unpaired) electrons. The highest BCUT2D eigenvalue weighted by molar-refractivity contribution is 7.09. The molecule has 1 saturated heterocycles. The summed E-state index contributed by atoms with van der Waals surface area (Å²) in [6.07, 6.45) is 1.01. The van der Waals surface area contributed by atoms with E-state index in [2.05, 4.69) is 15.6 Å². The van der Waals surface area contributed by atoms with E-state index in [1.165, 1.54) is 5.01 Å². The second kappa shape index (κ2) is 7.13. The van der Waals surface area contributed by atoms with Crippen molar-refractivity contribution in [3.05, 3.63) is 40.2 Å². The second-order valence-corrected chi connectivity index (χ2v) is 6.54. The van der Waals surface area contributed by atoms with Gasteiger partial charge in [-0.2, -0.15) is 0 Å². The number of thiazole rings is 1. The number of hydrogen-bond acceptors (Lipinski definition) is 5. The Kier molecular flexibility index (Phi) is 4.97. The molecule has 0 atom stereocenters. The number of nitrogens with zero attached hydrogens (tertiary/aromatic N) is 2. The number of aromatic nitrogens is 1. The van der Waals surface area contributed by atoms with Crippen molar-refractivity contribution in [2.75, 3.05) is 32.7 Å². The summed E-state index contributed by atoms with van der Waals surface area (Å²) in [7, 11) is 0. The molecule has 0 saturated carbocycles. The Hall–Kier alpha value is -1.56. The summed E-state index contributed by atoms with van der Waals surface area (Å²) in [6.45, 7) is 7.11. The summed E-state index contributed by atoms with van der Waals surface area (Å²) >= 11 is 1.72. The standard InChI is InChI=1S/C17H21N3OS/c1-13(21)14-2-4-15(5-3-14)16-12-22-17(19-16)6-9-20-10-7-18-8-11-20/h2-5,12,18H,6-11H2,1H3. The van der Waals surface area contributed by atoms with Crippen molar-refractivity contribution < 1.29 is 4.79 Å². The first-order valence-electron chi connectivity index (χ1n) is 7.71. The minimum Gasteiger partial charge on any atom is -0.314 e. The van der Waals surface area contributed by atoms with Gasteiger partial charge in [0.25, 0.3) is 0 Å². The van der Waals surface area contributed by atoms with Crippen molar-refractivity contribution in [1.82, 2.24) is 15.2 Å². The van der Waals surface area contributed by atoms with Gasteiger partial charge in [0.2, 0.25) is 0 Å². The predicted molar refractivity (Wildman–Crippen MR) is 90.6 cm³/mol. The van der Waals surface area contributed by atoms with Crippen LogP contribution < -0.4 is 5.32 Å². The minimum atomic E-state index is 0.0986. The lowest BCUT2D eigenvalue weighted by atomic mass is 10.1. The largest absolute Gasteiger partial charge is 0.314 e. The Morgan fingerprint density at radius 2 is 2.00 bits per heavy atom. The first-order valence-corrected chi connectivity index (χ1v) is 8.59. The molecule has 0 spiro atoms. The maximum atomic E-state index is 11.3. The average molecular weight is 315 g/mol. The summed E-state index contributed by atoms with van der Waals surface area (Å²) in [6, 6.07) is 7.70. The van der Waals surface area contributed by atoms with E-state index >= 15 is 0 Å². The third-order valence-corrected chi connectivity index (χ3v) is 4.90. The van der Waals surface area contributed by atoms with Crippen molar-refractivity contribution in [2.45, 2.75) is 13.3 Å². The molecule has 1 aromatic carbocycles. The van der Waals surface area contributed by atoms with E-state index in [0.29, 0.717) is 0 Å². The van der Waals surface area contributed by atoms with Crippen LogP contribution >= 0.6 is 11.3 Å². The molecule has 1 N–H and O–H groups in total. The van der Waals surface area contributed by atoms with Crippen molar-refractivity contribution in [1.29, 1.82) is 0 Å². The fourth-order valence-corrected chi connectivity index (χ4v) is 3.42. The minimum absolute atomic E-state index is 0.0986. The first kappa shape index (κ1) is 15.3. The second-order valence-electron chi connectivity index (χ2n) is 5.60. The number of carbonyl (C=O) groups excluding carboxylic acids is 1. The Balaban J connectivity index is 1.61. The van der Waals surface area contributed by atoms with Crippen LogP contribution in [0.1, 0.15) is 22.3 Å². The van der Waals surface area contributed by atoms with Crippen LogP contribution in [0.5, 0.6) is 0 Å². The molecule has 1 fully saturated rings. The maximum absolute atomic E-state index is 11.3. The van der Waals surface area contributed by atoms with Crippen LogP contribution in [0.3, 0.4) is 0 Å². The molecule has 0 aliphatic carbocycles. The number of hydrogen-bond donors (Lipinski definition) is 1. The number of Topliss-reactive ketones (excluding diaryl/α,β-unsaturated/α-hetero) is 1. The van der Waals surface area contributed by atoms with Crippen LogP contribution in [0.4, 0.5) is 0 Å². The number of piperazine rings is 1. The van der Waals surface area contributed by atoms with Gasteiger partial charge in [-0.1, -0.05) is 24.3 Å². The highest BCUT2D eigenvalue weighted by Crippen LogP contribution is 2.23. The van der Waals surface area contributed by atoms with Crippen molar-refractivity contribution >= 4 is 17.1 Å². The van der Waals surface area contributed by atoms with E-state index in [-0.39, 0.29) is 5.78 Å². The smallest absolute Gasteiger partial charge is 0.159 e. The molecule has 22 heavy (non-hydrogen) atoms. The average Bonchev–Trinajstić information content (AvgIpc) is 3.03. The molecule has 3 rings (SSSR count). The zero-order valence-electron chi connectivity index (χ0n) is 12.8. The molecule has 116 valence electrons. The molecule has 0 unspecified atom stereocenters. The van der Waals surface area contributed by atoms with E-state index in [4.69, 9.17) is 4.98 Å². The lowest BCUT2D eigenvalue weighted by Gasteiger charge is -2.26. The normalized spacial score (nSPS) is 15.9. The van der Waals surface area contributed by atoms with Crippen molar-refractivity contribution in [3.8, 4) is 11.3 Å². The van der Waals surface area contributed by atoms with Crippen molar-refractivity contribution in [3.63, 3.8) is 0 Å². The van der Waals surface area contributed by atoms with E-state index in [1.807, 2.05) is 24.3 Å². The molecule has 2 aromatic rings. The van der Waals surface area contributed by atoms with Crippen LogP contribution in [-0.2, 0) is 6.42 Å². The summed E-state index contributed by atoms with van der Waals surface area (Å²) in [5, 5.41) is 6.66. The molecular weight excluding hydrogens is 294 g/mol. The molecule has 1 aromatic heterocycles. The summed E-state index contributed by atoms with van der Waals surface area (Å²) < 4.78 is 0. The first-order chi connectivity index (χ1) is 10.7. The van der Waals surface area contributed by atoms with Crippen molar-refractivity contribution in [2.24, 2.45) is 0 Å². The SMILES string of the molecule is CC(=O)c1ccc(-c2csc(CCN3CCNCC3)n2)cc1. The molecule has 2 heterocycles. The van der Waals surface area contributed by atoms with Gasteiger partial charge in [-0.3, -0.25) is 4.79 Å². The monoisotopic (exact) mass is 315 g/mol. The van der Waals surface area contributed by atoms with Crippen LogP contribution in [-0.4, -0.2) is 48.4 Å². The van der Waals surface area contributed by atoms with Gasteiger partial charge in [-0.05, 0) is 6.92 Å². The zero-order valence-corrected chi connectivity index (χ0v) is 13.7. The van der Waals surface area contributed by atoms with Gasteiger partial charge in [0.05, 0.1) is 10.7 Å². The van der Waals surface area contributed by atoms with Gasteiger partial charge in [-0.25, -0.2) is 4.98 Å². The van der Waals surface area contributed by atoms with E-state index < -0.39 is 0 Å². The van der Waals surface area contributed by atoms with Gasteiger partial charge in [0.1, 0.15) is 0 Å². The Morgan fingerprint density at radius 1 is 1.27 bits per heavy atom. The van der Waals surface area contributed by atoms with Crippen LogP contribution in [0.15, 0.2) is 29.6 Å². The van der Waals surface area contributed by atoms with E-state index in [0.717, 1.165) is 56.0 Å². The third-order valence-electron chi connectivity index (χ3n) is 3.99. The zero-order chi connectivity index (χ0) is 15.4. The van der Waals surface area contributed by atoms with Gasteiger partial charge in [0.15, 0.2) is 5.78 Å². The van der Waals surface area contributed by atoms with Crippen LogP contribution in [0.25, 0.3) is 11.3 Å². The Morgan fingerprint density at radius 3 is 2.68 bits per heavy atom. The van der Waals surface area contributed by atoms with Gasteiger partial charge in [0, 0.05) is 55.7 Å².